The van der Waals surface area contributed by atoms with Gasteiger partial charge in [-0.25, -0.2) is 9.97 Å². The molecule has 5 rings (SSSR count). The average Bonchev–Trinajstić information content (AvgIpc) is 3.15. The summed E-state index contributed by atoms with van der Waals surface area (Å²) >= 11 is 0. The van der Waals surface area contributed by atoms with E-state index in [-0.39, 0.29) is 18.0 Å². The minimum absolute atomic E-state index is 0.116. The van der Waals surface area contributed by atoms with Gasteiger partial charge in [0.05, 0.1) is 7.11 Å². The Morgan fingerprint density at radius 2 is 1.84 bits per heavy atom. The third kappa shape index (κ3) is 3.98. The van der Waals surface area contributed by atoms with Crippen molar-refractivity contribution in [3.05, 3.63) is 66.0 Å². The van der Waals surface area contributed by atoms with E-state index in [1.165, 1.54) is 0 Å². The predicted molar refractivity (Wildman–Crippen MR) is 124 cm³/mol. The standard InChI is InChI=1S/C25H27N5O2/c1-32-22-8-5-16(6-9-22)18-13-27-25(28-14-18)29-20-3-2-4-21(12-20)30-15-17-11-19(26)7-10-23(17)24(30)31/h5-11,13-14,20-21H,2-4,12,15,26H2,1H3,(H,27,28,29)/t20-,21+/m1/s1. The molecule has 0 saturated heterocycles. The van der Waals surface area contributed by atoms with Crippen LogP contribution in [0, 0.1) is 0 Å². The van der Waals surface area contributed by atoms with Crippen molar-refractivity contribution in [2.24, 2.45) is 0 Å². The maximum atomic E-state index is 12.9. The fraction of sp³-hybridized carbons (Fsp3) is 0.320. The van der Waals surface area contributed by atoms with Crippen LogP contribution in [0.1, 0.15) is 41.6 Å². The first-order chi connectivity index (χ1) is 15.6. The van der Waals surface area contributed by atoms with Gasteiger partial charge in [0.25, 0.3) is 5.91 Å². The molecule has 7 heteroatoms. The molecular weight excluding hydrogens is 402 g/mol. The second-order valence-corrected chi connectivity index (χ2v) is 8.54. The van der Waals surface area contributed by atoms with Crippen molar-refractivity contribution >= 4 is 17.5 Å². The fourth-order valence-corrected chi connectivity index (χ4v) is 4.75. The van der Waals surface area contributed by atoms with Gasteiger partial charge in [-0.1, -0.05) is 12.1 Å². The van der Waals surface area contributed by atoms with Gasteiger partial charge in [-0.05, 0) is 67.1 Å². The second kappa shape index (κ2) is 8.49. The molecule has 7 nitrogen and oxygen atoms in total. The molecule has 3 N–H and O–H groups in total. The third-order valence-electron chi connectivity index (χ3n) is 6.46. The Kier molecular flexibility index (Phi) is 5.39. The van der Waals surface area contributed by atoms with Crippen LogP contribution in [0.2, 0.25) is 0 Å². The monoisotopic (exact) mass is 429 g/mol. The van der Waals surface area contributed by atoms with Gasteiger partial charge in [0.2, 0.25) is 5.95 Å². The van der Waals surface area contributed by atoms with E-state index in [2.05, 4.69) is 15.3 Å². The Morgan fingerprint density at radius 3 is 2.59 bits per heavy atom. The molecule has 1 saturated carbocycles. The number of benzene rings is 2. The molecule has 2 aromatic carbocycles. The lowest BCUT2D eigenvalue weighted by Gasteiger charge is -2.35. The molecule has 2 heterocycles. The Hall–Kier alpha value is -3.61. The zero-order chi connectivity index (χ0) is 22.1. The summed E-state index contributed by atoms with van der Waals surface area (Å²) in [5.74, 6) is 1.56. The molecule has 1 amide bonds. The van der Waals surface area contributed by atoms with E-state index in [0.717, 1.165) is 53.7 Å². The number of rotatable bonds is 5. The zero-order valence-corrected chi connectivity index (χ0v) is 18.1. The first kappa shape index (κ1) is 20.3. The van der Waals surface area contributed by atoms with Gasteiger partial charge in [-0.2, -0.15) is 0 Å². The van der Waals surface area contributed by atoms with Gasteiger partial charge < -0.3 is 20.7 Å². The number of nitrogen functional groups attached to an aromatic ring is 1. The van der Waals surface area contributed by atoms with Crippen LogP contribution in [0.4, 0.5) is 11.6 Å². The largest absolute Gasteiger partial charge is 0.497 e. The van der Waals surface area contributed by atoms with E-state index in [9.17, 15) is 4.79 Å². The minimum atomic E-state index is 0.116. The summed E-state index contributed by atoms with van der Waals surface area (Å²) in [5, 5.41) is 3.48. The van der Waals surface area contributed by atoms with Gasteiger partial charge in [-0.3, -0.25) is 4.79 Å². The minimum Gasteiger partial charge on any atom is -0.497 e. The van der Waals surface area contributed by atoms with Crippen LogP contribution in [0.3, 0.4) is 0 Å². The van der Waals surface area contributed by atoms with E-state index in [1.807, 2.05) is 53.7 Å². The normalized spacial score (nSPS) is 20.2. The summed E-state index contributed by atoms with van der Waals surface area (Å²) in [5.41, 5.74) is 10.4. The summed E-state index contributed by atoms with van der Waals surface area (Å²) in [7, 11) is 1.66. The maximum Gasteiger partial charge on any atom is 0.254 e. The van der Waals surface area contributed by atoms with Crippen molar-refractivity contribution < 1.29 is 9.53 Å². The molecule has 1 fully saturated rings. The summed E-state index contributed by atoms with van der Waals surface area (Å²) in [4.78, 5) is 24.0. The summed E-state index contributed by atoms with van der Waals surface area (Å²) in [6, 6.07) is 13.9. The maximum absolute atomic E-state index is 12.9. The molecule has 2 aliphatic rings. The number of carbonyl (C=O) groups is 1. The van der Waals surface area contributed by atoms with Crippen molar-refractivity contribution in [1.29, 1.82) is 0 Å². The molecule has 2 atom stereocenters. The number of aromatic nitrogens is 2. The van der Waals surface area contributed by atoms with Crippen molar-refractivity contribution in [2.75, 3.05) is 18.2 Å². The fourth-order valence-electron chi connectivity index (χ4n) is 4.75. The lowest BCUT2D eigenvalue weighted by molar-refractivity contribution is 0.0654. The van der Waals surface area contributed by atoms with Crippen LogP contribution in [0.5, 0.6) is 5.75 Å². The van der Waals surface area contributed by atoms with Gasteiger partial charge in [0, 0.05) is 47.8 Å². The number of nitrogens with two attached hydrogens (primary N) is 1. The zero-order valence-electron chi connectivity index (χ0n) is 18.1. The molecule has 32 heavy (non-hydrogen) atoms. The molecule has 0 unspecified atom stereocenters. The number of carbonyl (C=O) groups excluding carboxylic acids is 1. The molecule has 1 aliphatic carbocycles. The Labute approximate surface area is 187 Å². The van der Waals surface area contributed by atoms with Gasteiger partial charge in [-0.15, -0.1) is 0 Å². The van der Waals surface area contributed by atoms with E-state index >= 15 is 0 Å². The molecule has 1 aromatic heterocycles. The highest BCUT2D eigenvalue weighted by Crippen LogP contribution is 2.32. The van der Waals surface area contributed by atoms with Gasteiger partial charge in [0.15, 0.2) is 0 Å². The van der Waals surface area contributed by atoms with Gasteiger partial charge >= 0.3 is 0 Å². The lowest BCUT2D eigenvalue weighted by Crippen LogP contribution is -2.42. The number of amides is 1. The summed E-state index contributed by atoms with van der Waals surface area (Å²) < 4.78 is 5.21. The van der Waals surface area contributed by atoms with Crippen LogP contribution in [-0.4, -0.2) is 40.0 Å². The van der Waals surface area contributed by atoms with Crippen LogP contribution in [0.15, 0.2) is 54.9 Å². The Bertz CT molecular complexity index is 1110. The highest BCUT2D eigenvalue weighted by atomic mass is 16.5. The Morgan fingerprint density at radius 1 is 1.06 bits per heavy atom. The number of nitrogens with one attached hydrogen (secondary N) is 1. The summed E-state index contributed by atoms with van der Waals surface area (Å²) in [6.45, 7) is 0.643. The van der Waals surface area contributed by atoms with E-state index < -0.39 is 0 Å². The number of nitrogens with zero attached hydrogens (tertiary/aromatic N) is 3. The highest BCUT2D eigenvalue weighted by molar-refractivity contribution is 5.99. The molecule has 0 bridgehead atoms. The van der Waals surface area contributed by atoms with E-state index in [1.54, 1.807) is 13.2 Å². The molecule has 3 aromatic rings. The second-order valence-electron chi connectivity index (χ2n) is 8.54. The van der Waals surface area contributed by atoms with Crippen molar-refractivity contribution in [2.45, 2.75) is 44.3 Å². The Balaban J connectivity index is 1.23. The van der Waals surface area contributed by atoms with Crippen molar-refractivity contribution in [1.82, 2.24) is 14.9 Å². The first-order valence-electron chi connectivity index (χ1n) is 11.0. The molecule has 164 valence electrons. The number of methoxy groups -OCH3 is 1. The number of hydrogen-bond donors (Lipinski definition) is 2. The number of hydrogen-bond acceptors (Lipinski definition) is 6. The molecule has 1 aliphatic heterocycles. The van der Waals surface area contributed by atoms with Gasteiger partial charge in [0.1, 0.15) is 5.75 Å². The molecule has 0 spiro atoms. The topological polar surface area (TPSA) is 93.4 Å². The first-order valence-corrected chi connectivity index (χ1v) is 11.0. The highest BCUT2D eigenvalue weighted by Gasteiger charge is 2.35. The molecular formula is C25H27N5O2. The van der Waals surface area contributed by atoms with Crippen molar-refractivity contribution in [3.63, 3.8) is 0 Å². The quantitative estimate of drug-likeness (QED) is 0.593. The lowest BCUT2D eigenvalue weighted by atomic mass is 9.90. The SMILES string of the molecule is COc1ccc(-c2cnc(N[C@@H]3CCC[C@H](N4Cc5cc(N)ccc5C4=O)C3)nc2)cc1. The average molecular weight is 430 g/mol. The number of fused-ring (bicyclic) bond motifs is 1. The van der Waals surface area contributed by atoms with E-state index in [0.29, 0.717) is 18.2 Å². The smallest absolute Gasteiger partial charge is 0.254 e. The van der Waals surface area contributed by atoms with Crippen LogP contribution in [-0.2, 0) is 6.54 Å². The number of ether oxygens (including phenoxy) is 1. The van der Waals surface area contributed by atoms with Crippen molar-refractivity contribution in [3.8, 4) is 16.9 Å². The number of anilines is 2. The van der Waals surface area contributed by atoms with Crippen LogP contribution in [0.25, 0.3) is 11.1 Å². The molecule has 0 radical (unpaired) electrons. The van der Waals surface area contributed by atoms with Crippen LogP contribution >= 0.6 is 0 Å². The van der Waals surface area contributed by atoms with Crippen LogP contribution < -0.4 is 15.8 Å². The van der Waals surface area contributed by atoms with E-state index in [4.69, 9.17) is 10.5 Å². The predicted octanol–water partition coefficient (Wildman–Crippen LogP) is 4.11. The summed E-state index contributed by atoms with van der Waals surface area (Å²) in [6.07, 6.45) is 7.69. The third-order valence-corrected chi connectivity index (χ3v) is 6.46.